The van der Waals surface area contributed by atoms with Crippen LogP contribution in [-0.2, 0) is 11.3 Å². The molecule has 6 heteroatoms. The van der Waals surface area contributed by atoms with Crippen LogP contribution in [0.5, 0.6) is 5.75 Å². The Morgan fingerprint density at radius 3 is 2.70 bits per heavy atom. The third-order valence-electron chi connectivity index (χ3n) is 4.87. The maximum Gasteiger partial charge on any atom is 0.222 e. The Balaban J connectivity index is 1.87. The zero-order chi connectivity index (χ0) is 19.5. The van der Waals surface area contributed by atoms with Crippen molar-refractivity contribution in [3.05, 3.63) is 29.8 Å². The Kier molecular flexibility index (Phi) is 8.95. The van der Waals surface area contributed by atoms with E-state index in [0.29, 0.717) is 25.6 Å². The highest BCUT2D eigenvalue weighted by atomic mass is 16.5. The van der Waals surface area contributed by atoms with Gasteiger partial charge < -0.3 is 20.3 Å². The van der Waals surface area contributed by atoms with Crippen molar-refractivity contribution in [3.63, 3.8) is 0 Å². The number of nitrogens with zero attached hydrogens (tertiary/aromatic N) is 2. The largest absolute Gasteiger partial charge is 0.496 e. The lowest BCUT2D eigenvalue weighted by atomic mass is 9.95. The number of carbonyl (C=O) groups is 1. The maximum atomic E-state index is 12.2. The van der Waals surface area contributed by atoms with E-state index in [1.807, 2.05) is 32.2 Å². The van der Waals surface area contributed by atoms with Crippen molar-refractivity contribution in [3.8, 4) is 5.75 Å². The Morgan fingerprint density at radius 1 is 1.26 bits per heavy atom. The molecule has 0 atom stereocenters. The molecule has 0 spiro atoms. The fraction of sp³-hybridized carbons (Fsp3) is 0.619. The number of nitrogens with one attached hydrogen (secondary N) is 2. The fourth-order valence-electron chi connectivity index (χ4n) is 3.44. The van der Waals surface area contributed by atoms with Crippen LogP contribution in [0.4, 0.5) is 0 Å². The highest BCUT2D eigenvalue weighted by Gasteiger charge is 2.15. The van der Waals surface area contributed by atoms with Gasteiger partial charge in [-0.1, -0.05) is 37.5 Å². The summed E-state index contributed by atoms with van der Waals surface area (Å²) in [6.07, 6.45) is 6.39. The third kappa shape index (κ3) is 7.12. The normalized spacial score (nSPS) is 15.3. The molecule has 1 aromatic carbocycles. The summed E-state index contributed by atoms with van der Waals surface area (Å²) in [5.74, 6) is 1.77. The lowest BCUT2D eigenvalue weighted by Gasteiger charge is -2.23. The van der Waals surface area contributed by atoms with Gasteiger partial charge in [-0.25, -0.2) is 0 Å². The van der Waals surface area contributed by atoms with E-state index in [-0.39, 0.29) is 5.91 Å². The SMILES string of the molecule is CCNC(=NCCC(=O)NC1CCCCC1)N(C)Cc1ccccc1OC. The van der Waals surface area contributed by atoms with Crippen molar-refractivity contribution in [1.82, 2.24) is 15.5 Å². The minimum absolute atomic E-state index is 0.105. The molecule has 0 aromatic heterocycles. The van der Waals surface area contributed by atoms with Crippen LogP contribution < -0.4 is 15.4 Å². The topological polar surface area (TPSA) is 66.0 Å². The van der Waals surface area contributed by atoms with E-state index in [9.17, 15) is 4.79 Å². The number of para-hydroxylation sites is 1. The molecule has 27 heavy (non-hydrogen) atoms. The Hall–Kier alpha value is -2.24. The predicted octanol–water partition coefficient (Wildman–Crippen LogP) is 2.93. The number of rotatable bonds is 8. The zero-order valence-electron chi connectivity index (χ0n) is 17.0. The standard InChI is InChI=1S/C21H34N4O2/c1-4-22-21(25(2)16-17-10-8-9-13-19(17)27-3)23-15-14-20(26)24-18-11-6-5-7-12-18/h8-10,13,18H,4-7,11-12,14-16H2,1-3H3,(H,22,23)(H,24,26). The first-order chi connectivity index (χ1) is 13.1. The van der Waals surface area contributed by atoms with Crippen LogP contribution in [0.3, 0.4) is 0 Å². The summed E-state index contributed by atoms with van der Waals surface area (Å²) >= 11 is 0. The fourth-order valence-corrected chi connectivity index (χ4v) is 3.44. The number of benzene rings is 1. The van der Waals surface area contributed by atoms with Crippen molar-refractivity contribution in [1.29, 1.82) is 0 Å². The number of aliphatic imine (C=N–C) groups is 1. The van der Waals surface area contributed by atoms with Crippen LogP contribution in [0, 0.1) is 0 Å². The minimum Gasteiger partial charge on any atom is -0.496 e. The molecular formula is C21H34N4O2. The van der Waals surface area contributed by atoms with Gasteiger partial charge in [-0.3, -0.25) is 9.79 Å². The first-order valence-corrected chi connectivity index (χ1v) is 10.0. The molecule has 1 aliphatic rings. The number of hydrogen-bond donors (Lipinski definition) is 2. The van der Waals surface area contributed by atoms with Gasteiger partial charge in [-0.05, 0) is 25.8 Å². The average molecular weight is 375 g/mol. The van der Waals surface area contributed by atoms with Crippen molar-refractivity contribution in [2.45, 2.75) is 58.0 Å². The molecular weight excluding hydrogens is 340 g/mol. The monoisotopic (exact) mass is 374 g/mol. The van der Waals surface area contributed by atoms with Gasteiger partial charge in [-0.2, -0.15) is 0 Å². The van der Waals surface area contributed by atoms with E-state index in [4.69, 9.17) is 4.74 Å². The molecule has 1 aliphatic carbocycles. The summed E-state index contributed by atoms with van der Waals surface area (Å²) in [6.45, 7) is 3.99. The molecule has 1 aromatic rings. The predicted molar refractivity (Wildman–Crippen MR) is 110 cm³/mol. The summed E-state index contributed by atoms with van der Waals surface area (Å²) in [4.78, 5) is 18.8. The molecule has 6 nitrogen and oxygen atoms in total. The van der Waals surface area contributed by atoms with Crippen LogP contribution in [0.15, 0.2) is 29.3 Å². The molecule has 1 fully saturated rings. The Labute approximate surface area is 163 Å². The molecule has 0 radical (unpaired) electrons. The molecule has 150 valence electrons. The van der Waals surface area contributed by atoms with E-state index in [2.05, 4.69) is 26.6 Å². The maximum absolute atomic E-state index is 12.2. The average Bonchev–Trinajstić information content (AvgIpc) is 2.68. The molecule has 0 aliphatic heterocycles. The summed E-state index contributed by atoms with van der Waals surface area (Å²) in [7, 11) is 3.68. The van der Waals surface area contributed by atoms with Gasteiger partial charge in [0.05, 0.1) is 13.7 Å². The molecule has 0 saturated heterocycles. The summed E-state index contributed by atoms with van der Waals surface area (Å²) in [5.41, 5.74) is 1.10. The quantitative estimate of drug-likeness (QED) is 0.542. The van der Waals surface area contributed by atoms with E-state index in [1.165, 1.54) is 19.3 Å². The van der Waals surface area contributed by atoms with Crippen LogP contribution in [0.25, 0.3) is 0 Å². The smallest absolute Gasteiger partial charge is 0.222 e. The summed E-state index contributed by atoms with van der Waals surface area (Å²) in [6, 6.07) is 8.34. The number of hydrogen-bond acceptors (Lipinski definition) is 3. The van der Waals surface area contributed by atoms with Crippen LogP contribution in [-0.4, -0.2) is 50.1 Å². The van der Waals surface area contributed by atoms with E-state index < -0.39 is 0 Å². The molecule has 2 rings (SSSR count). The van der Waals surface area contributed by atoms with Crippen LogP contribution in [0.1, 0.15) is 51.0 Å². The molecule has 0 bridgehead atoms. The van der Waals surface area contributed by atoms with Crippen molar-refractivity contribution in [2.75, 3.05) is 27.2 Å². The first-order valence-electron chi connectivity index (χ1n) is 10.0. The Morgan fingerprint density at radius 2 is 2.00 bits per heavy atom. The Bertz CT molecular complexity index is 612. The lowest BCUT2D eigenvalue weighted by Crippen LogP contribution is -2.39. The molecule has 0 heterocycles. The van der Waals surface area contributed by atoms with E-state index >= 15 is 0 Å². The number of guanidine groups is 1. The van der Waals surface area contributed by atoms with Gasteiger partial charge in [0.25, 0.3) is 0 Å². The lowest BCUT2D eigenvalue weighted by molar-refractivity contribution is -0.121. The molecule has 1 amide bonds. The highest BCUT2D eigenvalue weighted by Crippen LogP contribution is 2.19. The number of amides is 1. The number of carbonyl (C=O) groups excluding carboxylic acids is 1. The number of ether oxygens (including phenoxy) is 1. The van der Waals surface area contributed by atoms with E-state index in [0.717, 1.165) is 36.7 Å². The number of methoxy groups -OCH3 is 1. The van der Waals surface area contributed by atoms with Crippen molar-refractivity contribution >= 4 is 11.9 Å². The van der Waals surface area contributed by atoms with Crippen molar-refractivity contribution < 1.29 is 9.53 Å². The van der Waals surface area contributed by atoms with Gasteiger partial charge in [0.2, 0.25) is 5.91 Å². The van der Waals surface area contributed by atoms with Crippen LogP contribution >= 0.6 is 0 Å². The van der Waals surface area contributed by atoms with Crippen LogP contribution in [0.2, 0.25) is 0 Å². The van der Waals surface area contributed by atoms with Crippen molar-refractivity contribution in [2.24, 2.45) is 4.99 Å². The molecule has 2 N–H and O–H groups in total. The van der Waals surface area contributed by atoms with E-state index in [1.54, 1.807) is 7.11 Å². The zero-order valence-corrected chi connectivity index (χ0v) is 17.0. The second-order valence-corrected chi connectivity index (χ2v) is 7.06. The minimum atomic E-state index is 0.105. The molecule has 1 saturated carbocycles. The highest BCUT2D eigenvalue weighted by molar-refractivity contribution is 5.81. The third-order valence-corrected chi connectivity index (χ3v) is 4.87. The molecule has 0 unspecified atom stereocenters. The van der Waals surface area contributed by atoms with Gasteiger partial charge in [0.1, 0.15) is 5.75 Å². The van der Waals surface area contributed by atoms with Gasteiger partial charge in [0.15, 0.2) is 5.96 Å². The second-order valence-electron chi connectivity index (χ2n) is 7.06. The summed E-state index contributed by atoms with van der Waals surface area (Å²) in [5, 5.41) is 6.45. The van der Waals surface area contributed by atoms with Gasteiger partial charge in [0, 0.05) is 38.2 Å². The first kappa shape index (κ1) is 21.1. The summed E-state index contributed by atoms with van der Waals surface area (Å²) < 4.78 is 5.43. The van der Waals surface area contributed by atoms with Gasteiger partial charge >= 0.3 is 0 Å². The second kappa shape index (κ2) is 11.5. The van der Waals surface area contributed by atoms with Gasteiger partial charge in [-0.15, -0.1) is 0 Å².